The summed E-state index contributed by atoms with van der Waals surface area (Å²) in [6, 6.07) is 4.04. The first-order valence-corrected chi connectivity index (χ1v) is 12.0. The highest BCUT2D eigenvalue weighted by atomic mass is 32.2. The first-order valence-electron chi connectivity index (χ1n) is 10.5. The fourth-order valence-electron chi connectivity index (χ4n) is 3.57. The predicted octanol–water partition coefficient (Wildman–Crippen LogP) is 2.63. The summed E-state index contributed by atoms with van der Waals surface area (Å²) in [5.41, 5.74) is -6.82. The molecule has 38 heavy (non-hydrogen) atoms. The Morgan fingerprint density at radius 2 is 1.97 bits per heavy atom. The Morgan fingerprint density at radius 3 is 2.61 bits per heavy atom. The maximum absolute atomic E-state index is 14.9. The van der Waals surface area contributed by atoms with Crippen molar-refractivity contribution in [2.75, 3.05) is 25.2 Å². The molecule has 18 heteroatoms. The molecule has 1 amide bonds. The van der Waals surface area contributed by atoms with Gasteiger partial charge in [-0.25, -0.2) is 27.4 Å². The van der Waals surface area contributed by atoms with Crippen LogP contribution in [0.1, 0.15) is 28.2 Å². The van der Waals surface area contributed by atoms with E-state index in [0.717, 1.165) is 22.6 Å². The van der Waals surface area contributed by atoms with Crippen LogP contribution in [0, 0.1) is 5.82 Å². The highest BCUT2D eigenvalue weighted by Gasteiger charge is 2.52. The molecule has 0 saturated carbocycles. The molecule has 1 N–H and O–H groups in total. The van der Waals surface area contributed by atoms with Gasteiger partial charge < -0.3 is 10.1 Å². The molecule has 0 fully saturated rings. The highest BCUT2D eigenvalue weighted by molar-refractivity contribution is 7.90. The van der Waals surface area contributed by atoms with Crippen LogP contribution in [0.15, 0.2) is 41.8 Å². The van der Waals surface area contributed by atoms with E-state index in [4.69, 9.17) is 0 Å². The van der Waals surface area contributed by atoms with Gasteiger partial charge in [0, 0.05) is 18.9 Å². The summed E-state index contributed by atoms with van der Waals surface area (Å²) in [4.78, 5) is 20.2. The zero-order valence-electron chi connectivity index (χ0n) is 19.2. The second-order valence-electron chi connectivity index (χ2n) is 7.64. The van der Waals surface area contributed by atoms with Crippen molar-refractivity contribution in [2.24, 2.45) is 5.10 Å². The monoisotopic (exact) mass is 565 g/mol. The standard InChI is InChI=1S/C20H17F6N7O4S/c1-37-19-30-32(7-8-33(19)38(35,36)20(24,25)26)13-4-3-11(9-12(13)21)10-28-17(34)15-14(16(22)23)29-18-27-5-2-6-31(15)18/h2-6,9,16H,7-8,10H2,1H3,(H,28,34). The number of amidine groups is 1. The van der Waals surface area contributed by atoms with E-state index in [9.17, 15) is 39.6 Å². The molecule has 11 nitrogen and oxygen atoms in total. The van der Waals surface area contributed by atoms with Gasteiger partial charge in [0.2, 0.25) is 5.78 Å². The Balaban J connectivity index is 1.52. The summed E-state index contributed by atoms with van der Waals surface area (Å²) >= 11 is 0. The molecule has 0 atom stereocenters. The number of hydrogen-bond donors (Lipinski definition) is 1. The molecule has 2 aromatic heterocycles. The molecule has 1 aliphatic heterocycles. The minimum Gasteiger partial charge on any atom is -0.467 e. The average Bonchev–Trinajstić information content (AvgIpc) is 3.26. The Morgan fingerprint density at radius 1 is 1.24 bits per heavy atom. The molecule has 0 spiro atoms. The van der Waals surface area contributed by atoms with E-state index in [1.807, 2.05) is 0 Å². The number of sulfonamides is 1. The Kier molecular flexibility index (Phi) is 7.09. The number of methoxy groups -OCH3 is 1. The van der Waals surface area contributed by atoms with E-state index in [2.05, 4.69) is 25.1 Å². The van der Waals surface area contributed by atoms with Crippen LogP contribution < -0.4 is 10.3 Å². The number of fused-ring (bicyclic) bond motifs is 1. The van der Waals surface area contributed by atoms with Gasteiger partial charge in [-0.2, -0.15) is 21.6 Å². The number of nitrogens with zero attached hydrogens (tertiary/aromatic N) is 6. The maximum Gasteiger partial charge on any atom is 0.516 e. The number of amides is 1. The number of carbonyl (C=O) groups excluding carboxylic acids is 1. The number of ether oxygens (including phenoxy) is 1. The molecule has 204 valence electrons. The van der Waals surface area contributed by atoms with E-state index < -0.39 is 64.2 Å². The number of hydrogen-bond acceptors (Lipinski definition) is 8. The van der Waals surface area contributed by atoms with Crippen LogP contribution in [0.25, 0.3) is 5.78 Å². The topological polar surface area (TPSA) is 121 Å². The van der Waals surface area contributed by atoms with Gasteiger partial charge in [-0.05, 0) is 23.8 Å². The van der Waals surface area contributed by atoms with Gasteiger partial charge in [0.05, 0.1) is 25.9 Å². The van der Waals surface area contributed by atoms with Crippen LogP contribution in [-0.2, 0) is 21.3 Å². The molecule has 1 aromatic carbocycles. The molecular weight excluding hydrogens is 548 g/mol. The number of benzene rings is 1. The second kappa shape index (κ2) is 9.99. The van der Waals surface area contributed by atoms with Crippen molar-refractivity contribution in [1.29, 1.82) is 0 Å². The van der Waals surface area contributed by atoms with Crippen molar-refractivity contribution < 1.29 is 44.3 Å². The molecular formula is C20H17F6N7O4S. The normalized spacial score (nSPS) is 14.7. The fourth-order valence-corrected chi connectivity index (χ4v) is 4.46. The van der Waals surface area contributed by atoms with Crippen LogP contribution in [0.5, 0.6) is 0 Å². The summed E-state index contributed by atoms with van der Waals surface area (Å²) in [5.74, 6) is -1.93. The summed E-state index contributed by atoms with van der Waals surface area (Å²) in [5, 5.41) is 6.98. The number of hydrazone groups is 1. The fraction of sp³-hybridized carbons (Fsp3) is 0.300. The summed E-state index contributed by atoms with van der Waals surface area (Å²) in [6.45, 7) is -1.45. The first-order chi connectivity index (χ1) is 17.8. The third-order valence-corrected chi connectivity index (χ3v) is 6.80. The molecule has 1 aliphatic rings. The largest absolute Gasteiger partial charge is 0.516 e. The van der Waals surface area contributed by atoms with Crippen LogP contribution in [0.3, 0.4) is 0 Å². The number of aromatic nitrogens is 3. The lowest BCUT2D eigenvalue weighted by molar-refractivity contribution is -0.0477. The Bertz CT molecular complexity index is 1510. The Labute approximate surface area is 210 Å². The lowest BCUT2D eigenvalue weighted by atomic mass is 10.2. The molecule has 3 heterocycles. The average molecular weight is 565 g/mol. The van der Waals surface area contributed by atoms with Crippen LogP contribution in [0.2, 0.25) is 0 Å². The lowest BCUT2D eigenvalue weighted by Crippen LogP contribution is -2.51. The third kappa shape index (κ3) is 4.90. The molecule has 0 radical (unpaired) electrons. The van der Waals surface area contributed by atoms with Gasteiger partial charge in [0.15, 0.2) is 0 Å². The van der Waals surface area contributed by atoms with Crippen LogP contribution >= 0.6 is 0 Å². The smallest absolute Gasteiger partial charge is 0.467 e. The van der Waals surface area contributed by atoms with E-state index in [0.29, 0.717) is 0 Å². The quantitative estimate of drug-likeness (QED) is 0.456. The molecule has 0 bridgehead atoms. The van der Waals surface area contributed by atoms with Crippen molar-refractivity contribution in [2.45, 2.75) is 18.5 Å². The number of imidazole rings is 1. The second-order valence-corrected chi connectivity index (χ2v) is 9.49. The zero-order valence-corrected chi connectivity index (χ0v) is 20.0. The van der Waals surface area contributed by atoms with Crippen molar-refractivity contribution in [1.82, 2.24) is 24.0 Å². The summed E-state index contributed by atoms with van der Waals surface area (Å²) < 4.78 is 110. The lowest BCUT2D eigenvalue weighted by Gasteiger charge is -2.32. The zero-order chi connectivity index (χ0) is 27.8. The van der Waals surface area contributed by atoms with Gasteiger partial charge in [-0.1, -0.05) is 6.07 Å². The van der Waals surface area contributed by atoms with Gasteiger partial charge in [0.25, 0.3) is 12.3 Å². The molecule has 0 saturated heterocycles. The van der Waals surface area contributed by atoms with Gasteiger partial charge in [-0.15, -0.1) is 5.10 Å². The molecule has 0 unspecified atom stereocenters. The maximum atomic E-state index is 14.9. The van der Waals surface area contributed by atoms with E-state index in [1.165, 1.54) is 30.6 Å². The molecule has 0 aliphatic carbocycles. The van der Waals surface area contributed by atoms with Crippen molar-refractivity contribution in [3.05, 3.63) is 59.4 Å². The summed E-state index contributed by atoms with van der Waals surface area (Å²) in [6.07, 6.45) is -0.407. The van der Waals surface area contributed by atoms with Gasteiger partial charge >= 0.3 is 21.6 Å². The molecule has 4 rings (SSSR count). The van der Waals surface area contributed by atoms with Gasteiger partial charge in [0.1, 0.15) is 17.2 Å². The summed E-state index contributed by atoms with van der Waals surface area (Å²) in [7, 11) is -4.87. The first kappa shape index (κ1) is 27.0. The highest BCUT2D eigenvalue weighted by Crippen LogP contribution is 2.30. The van der Waals surface area contributed by atoms with E-state index in [-0.39, 0.29) is 27.9 Å². The SMILES string of the molecule is COC1=NN(c2ccc(CNC(=O)c3c(C(F)F)nc4ncccn34)cc2F)CCN1S(=O)(=O)C(F)(F)F. The molecule has 3 aromatic rings. The predicted molar refractivity (Wildman–Crippen MR) is 119 cm³/mol. The van der Waals surface area contributed by atoms with Crippen LogP contribution in [0.4, 0.5) is 32.0 Å². The minimum absolute atomic E-state index is 0.0748. The van der Waals surface area contributed by atoms with Crippen molar-refractivity contribution in [3.63, 3.8) is 0 Å². The van der Waals surface area contributed by atoms with Crippen molar-refractivity contribution >= 4 is 33.4 Å². The van der Waals surface area contributed by atoms with E-state index in [1.54, 1.807) is 0 Å². The number of anilines is 1. The number of alkyl halides is 5. The number of halogens is 6. The van der Waals surface area contributed by atoms with Gasteiger partial charge in [-0.3, -0.25) is 14.2 Å². The van der Waals surface area contributed by atoms with E-state index >= 15 is 0 Å². The van der Waals surface area contributed by atoms with Crippen molar-refractivity contribution in [3.8, 4) is 0 Å². The number of rotatable bonds is 6. The van der Waals surface area contributed by atoms with Crippen LogP contribution in [-0.4, -0.2) is 64.7 Å². The number of nitrogens with one attached hydrogen (secondary N) is 1. The third-order valence-electron chi connectivity index (χ3n) is 5.30. The number of carbonyl (C=O) groups is 1. The Hall–Kier alpha value is -4.09. The minimum atomic E-state index is -5.78.